The average Bonchev–Trinajstić information content (AvgIpc) is 3.12. The molecule has 0 atom stereocenters. The molecule has 1 aromatic rings. The standard InChI is InChI=1S/C16H15ClN2O3/c1-16(2)8-19(16)13-12(18-11(20)7-17)14(21)9-5-3-4-6-10(9)15(13)22/h3-6H,7-8H2,1-2H3,(H,18,20). The molecule has 0 spiro atoms. The van der Waals surface area contributed by atoms with E-state index in [9.17, 15) is 14.4 Å². The van der Waals surface area contributed by atoms with Gasteiger partial charge in [-0.2, -0.15) is 0 Å². The van der Waals surface area contributed by atoms with Crippen LogP contribution < -0.4 is 5.32 Å². The molecule has 0 radical (unpaired) electrons. The summed E-state index contributed by atoms with van der Waals surface area (Å²) in [4.78, 5) is 38.9. The number of Topliss-reactive ketones (excluding diaryl/α,β-unsaturated/α-hetero) is 2. The number of nitrogens with zero attached hydrogens (tertiary/aromatic N) is 1. The van der Waals surface area contributed by atoms with E-state index in [1.807, 2.05) is 18.7 Å². The van der Waals surface area contributed by atoms with Gasteiger partial charge in [-0.1, -0.05) is 24.3 Å². The highest BCUT2D eigenvalue weighted by Crippen LogP contribution is 2.40. The molecule has 1 aliphatic heterocycles. The van der Waals surface area contributed by atoms with Gasteiger partial charge in [-0.3, -0.25) is 14.4 Å². The van der Waals surface area contributed by atoms with Crippen LogP contribution in [0.3, 0.4) is 0 Å². The second-order valence-corrected chi connectivity index (χ2v) is 6.28. The Morgan fingerprint density at radius 1 is 1.23 bits per heavy atom. The van der Waals surface area contributed by atoms with Crippen molar-refractivity contribution < 1.29 is 14.4 Å². The number of hydrogen-bond donors (Lipinski definition) is 1. The van der Waals surface area contributed by atoms with Crippen LogP contribution in [0.4, 0.5) is 0 Å². The van der Waals surface area contributed by atoms with Crippen molar-refractivity contribution in [2.75, 3.05) is 12.4 Å². The highest BCUT2D eigenvalue weighted by atomic mass is 35.5. The summed E-state index contributed by atoms with van der Waals surface area (Å²) in [5.41, 5.74) is 0.760. The van der Waals surface area contributed by atoms with E-state index in [-0.39, 0.29) is 34.4 Å². The van der Waals surface area contributed by atoms with Crippen LogP contribution in [0.1, 0.15) is 34.6 Å². The van der Waals surface area contributed by atoms with Crippen molar-refractivity contribution in [3.63, 3.8) is 0 Å². The lowest BCUT2D eigenvalue weighted by molar-refractivity contribution is -0.118. The molecule has 0 bridgehead atoms. The van der Waals surface area contributed by atoms with Crippen molar-refractivity contribution in [1.29, 1.82) is 0 Å². The summed E-state index contributed by atoms with van der Waals surface area (Å²) in [6.45, 7) is 4.60. The number of halogens is 1. The Hall–Kier alpha value is -2.14. The van der Waals surface area contributed by atoms with Crippen LogP contribution in [-0.4, -0.2) is 40.3 Å². The van der Waals surface area contributed by atoms with Crippen LogP contribution in [0.25, 0.3) is 0 Å². The predicted molar refractivity (Wildman–Crippen MR) is 81.8 cm³/mol. The Morgan fingerprint density at radius 3 is 2.27 bits per heavy atom. The van der Waals surface area contributed by atoms with Gasteiger partial charge in [0.1, 0.15) is 17.3 Å². The number of rotatable bonds is 3. The first-order valence-corrected chi connectivity index (χ1v) is 7.46. The second-order valence-electron chi connectivity index (χ2n) is 6.01. The van der Waals surface area contributed by atoms with E-state index in [0.717, 1.165) is 0 Å². The predicted octanol–water partition coefficient (Wildman–Crippen LogP) is 1.73. The van der Waals surface area contributed by atoms with Crippen LogP contribution in [0.5, 0.6) is 0 Å². The zero-order chi connectivity index (χ0) is 16.1. The van der Waals surface area contributed by atoms with Gasteiger partial charge >= 0.3 is 0 Å². The minimum Gasteiger partial charge on any atom is -0.357 e. The molecule has 0 unspecified atom stereocenters. The third-order valence-electron chi connectivity index (χ3n) is 3.92. The summed E-state index contributed by atoms with van der Waals surface area (Å²) in [6.07, 6.45) is 0. The molecule has 1 aliphatic carbocycles. The molecule has 1 saturated heterocycles. The van der Waals surface area contributed by atoms with Gasteiger partial charge in [0.25, 0.3) is 0 Å². The largest absolute Gasteiger partial charge is 0.357 e. The number of carbonyl (C=O) groups is 3. The minimum atomic E-state index is -0.505. The first-order valence-electron chi connectivity index (χ1n) is 6.93. The molecule has 6 heteroatoms. The molecule has 0 saturated carbocycles. The lowest BCUT2D eigenvalue weighted by atomic mass is 9.90. The van der Waals surface area contributed by atoms with Gasteiger partial charge in [-0.25, -0.2) is 0 Å². The lowest BCUT2D eigenvalue weighted by Gasteiger charge is -2.23. The van der Waals surface area contributed by atoms with E-state index in [1.54, 1.807) is 24.3 Å². The molecule has 1 heterocycles. The second kappa shape index (κ2) is 4.95. The first-order chi connectivity index (χ1) is 10.4. The maximum absolute atomic E-state index is 12.8. The molecule has 5 nitrogen and oxygen atoms in total. The van der Waals surface area contributed by atoms with Gasteiger partial charge in [0.15, 0.2) is 0 Å². The van der Waals surface area contributed by atoms with Crippen LogP contribution >= 0.6 is 11.6 Å². The topological polar surface area (TPSA) is 66.2 Å². The quantitative estimate of drug-likeness (QED) is 0.681. The minimum absolute atomic E-state index is 0.0277. The number of benzene rings is 1. The number of carbonyl (C=O) groups excluding carboxylic acids is 3. The SMILES string of the molecule is CC1(C)CN1C1=C(NC(=O)CCl)C(=O)c2ccccc2C1=O. The number of allylic oxidation sites excluding steroid dienone is 2. The van der Waals surface area contributed by atoms with Crippen LogP contribution in [0.2, 0.25) is 0 Å². The number of hydrogen-bond acceptors (Lipinski definition) is 4. The maximum atomic E-state index is 12.8. The normalized spacial score (nSPS) is 19.1. The molecule has 1 N–H and O–H groups in total. The maximum Gasteiger partial charge on any atom is 0.239 e. The van der Waals surface area contributed by atoms with E-state index >= 15 is 0 Å². The summed E-state index contributed by atoms with van der Waals surface area (Å²) in [5.74, 6) is -1.38. The van der Waals surface area contributed by atoms with Gasteiger partial charge in [-0.15, -0.1) is 11.6 Å². The van der Waals surface area contributed by atoms with Crippen LogP contribution in [0.15, 0.2) is 35.7 Å². The molecule has 0 aromatic heterocycles. The summed E-state index contributed by atoms with van der Waals surface area (Å²) < 4.78 is 0. The number of amides is 1. The third-order valence-corrected chi connectivity index (χ3v) is 4.17. The Bertz CT molecular complexity index is 737. The number of alkyl halides is 1. The highest BCUT2D eigenvalue weighted by Gasteiger charge is 2.50. The van der Waals surface area contributed by atoms with Crippen molar-refractivity contribution in [2.24, 2.45) is 0 Å². The summed E-state index contributed by atoms with van der Waals surface area (Å²) in [7, 11) is 0. The molecule has 1 fully saturated rings. The van der Waals surface area contributed by atoms with Crippen molar-refractivity contribution >= 4 is 29.1 Å². The third kappa shape index (κ3) is 2.22. The van der Waals surface area contributed by atoms with Gasteiger partial charge in [-0.05, 0) is 13.8 Å². The number of fused-ring (bicyclic) bond motifs is 1. The van der Waals surface area contributed by atoms with E-state index in [2.05, 4.69) is 5.32 Å². The molecule has 2 aliphatic rings. The van der Waals surface area contributed by atoms with Crippen LogP contribution in [0, 0.1) is 0 Å². The molecule has 1 aromatic carbocycles. The molecule has 1 amide bonds. The molecular weight excluding hydrogens is 304 g/mol. The fourth-order valence-corrected chi connectivity index (χ4v) is 2.71. The summed E-state index contributed by atoms with van der Waals surface area (Å²) in [5, 5.41) is 2.50. The number of nitrogens with one attached hydrogen (secondary N) is 1. The average molecular weight is 319 g/mol. The monoisotopic (exact) mass is 318 g/mol. The van der Waals surface area contributed by atoms with Crippen LogP contribution in [-0.2, 0) is 4.79 Å². The fourth-order valence-electron chi connectivity index (χ4n) is 2.64. The Labute approximate surface area is 132 Å². The number of ketones is 2. The van der Waals surface area contributed by atoms with Crippen molar-refractivity contribution in [3.05, 3.63) is 46.8 Å². The van der Waals surface area contributed by atoms with E-state index in [4.69, 9.17) is 11.6 Å². The Balaban J connectivity index is 2.13. The van der Waals surface area contributed by atoms with Gasteiger partial charge in [0, 0.05) is 17.7 Å². The Kier molecular flexibility index (Phi) is 3.33. The van der Waals surface area contributed by atoms with Gasteiger partial charge < -0.3 is 10.2 Å². The zero-order valence-corrected chi connectivity index (χ0v) is 13.0. The van der Waals surface area contributed by atoms with Gasteiger partial charge in [0.05, 0.1) is 5.54 Å². The van der Waals surface area contributed by atoms with E-state index in [1.165, 1.54) is 0 Å². The zero-order valence-electron chi connectivity index (χ0n) is 12.3. The van der Waals surface area contributed by atoms with Gasteiger partial charge in [0.2, 0.25) is 17.5 Å². The Morgan fingerprint density at radius 2 is 1.77 bits per heavy atom. The highest BCUT2D eigenvalue weighted by molar-refractivity contribution is 6.30. The molecule has 114 valence electrons. The molecular formula is C16H15ClN2O3. The molecule has 22 heavy (non-hydrogen) atoms. The van der Waals surface area contributed by atoms with E-state index < -0.39 is 5.91 Å². The van der Waals surface area contributed by atoms with Crippen molar-refractivity contribution in [2.45, 2.75) is 19.4 Å². The molecule has 3 rings (SSSR count). The van der Waals surface area contributed by atoms with Crippen molar-refractivity contribution in [1.82, 2.24) is 10.2 Å². The lowest BCUT2D eigenvalue weighted by Crippen LogP contribution is -2.37. The summed E-state index contributed by atoms with van der Waals surface area (Å²) in [6, 6.07) is 6.63. The van der Waals surface area contributed by atoms with Crippen molar-refractivity contribution in [3.8, 4) is 0 Å². The smallest absolute Gasteiger partial charge is 0.239 e. The fraction of sp³-hybridized carbons (Fsp3) is 0.312. The van der Waals surface area contributed by atoms with E-state index in [0.29, 0.717) is 17.7 Å². The first kappa shape index (κ1) is 14.8. The summed E-state index contributed by atoms with van der Waals surface area (Å²) >= 11 is 5.51.